The van der Waals surface area contributed by atoms with E-state index in [-0.39, 0.29) is 35.7 Å². The summed E-state index contributed by atoms with van der Waals surface area (Å²) in [7, 11) is 0. The Morgan fingerprint density at radius 2 is 2.11 bits per heavy atom. The van der Waals surface area contributed by atoms with Gasteiger partial charge >= 0.3 is 5.97 Å². The van der Waals surface area contributed by atoms with Crippen LogP contribution in [0, 0.1) is 5.82 Å². The van der Waals surface area contributed by atoms with E-state index in [9.17, 15) is 14.7 Å². The Kier molecular flexibility index (Phi) is 3.57. The van der Waals surface area contributed by atoms with E-state index >= 15 is 4.39 Å². The normalized spacial score (nSPS) is 24.6. The number of carboxylic acids is 1. The van der Waals surface area contributed by atoms with Crippen LogP contribution in [0.15, 0.2) is 17.1 Å². The first kappa shape index (κ1) is 16.7. The second-order valence-corrected chi connectivity index (χ2v) is 7.71. The number of nitrogens with zero attached hydrogens (tertiary/aromatic N) is 2. The summed E-state index contributed by atoms with van der Waals surface area (Å²) in [6, 6.07) is 1.27. The third-order valence-electron chi connectivity index (χ3n) is 5.80. The molecule has 3 N–H and O–H groups in total. The zero-order valence-corrected chi connectivity index (χ0v) is 14.7. The van der Waals surface area contributed by atoms with Gasteiger partial charge in [-0.2, -0.15) is 0 Å². The van der Waals surface area contributed by atoms with Crippen LogP contribution in [0.4, 0.5) is 10.1 Å². The zero-order chi connectivity index (χ0) is 18.9. The minimum absolute atomic E-state index is 0.00703. The van der Waals surface area contributed by atoms with Gasteiger partial charge in [0.2, 0.25) is 5.43 Å². The van der Waals surface area contributed by atoms with Crippen molar-refractivity contribution in [1.82, 2.24) is 4.57 Å². The van der Waals surface area contributed by atoms with Gasteiger partial charge in [0.15, 0.2) is 0 Å². The van der Waals surface area contributed by atoms with Crippen molar-refractivity contribution in [3.05, 3.63) is 39.4 Å². The molecule has 3 aliphatic rings. The van der Waals surface area contributed by atoms with Crippen LogP contribution < -0.4 is 16.1 Å². The van der Waals surface area contributed by atoms with E-state index in [0.29, 0.717) is 29.9 Å². The molecule has 2 atom stereocenters. The van der Waals surface area contributed by atoms with Gasteiger partial charge in [0, 0.05) is 35.8 Å². The van der Waals surface area contributed by atoms with Gasteiger partial charge in [-0.05, 0) is 25.3 Å². The fourth-order valence-corrected chi connectivity index (χ4v) is 4.48. The summed E-state index contributed by atoms with van der Waals surface area (Å²) in [5, 5.41) is 9.50. The van der Waals surface area contributed by atoms with Crippen LogP contribution in [0.2, 0.25) is 0 Å². The van der Waals surface area contributed by atoms with E-state index < -0.39 is 17.2 Å². The summed E-state index contributed by atoms with van der Waals surface area (Å²) >= 11 is 0. The molecule has 1 aromatic carbocycles. The Morgan fingerprint density at radius 1 is 1.33 bits per heavy atom. The number of hydrogen-bond donors (Lipinski definition) is 2. The van der Waals surface area contributed by atoms with Gasteiger partial charge in [-0.25, -0.2) is 9.18 Å². The monoisotopic (exact) mass is 373 g/mol. The highest BCUT2D eigenvalue weighted by atomic mass is 19.1. The van der Waals surface area contributed by atoms with E-state index in [1.807, 2.05) is 9.47 Å². The van der Waals surface area contributed by atoms with E-state index in [0.717, 1.165) is 19.3 Å². The summed E-state index contributed by atoms with van der Waals surface area (Å²) in [6.45, 7) is 1.17. The van der Waals surface area contributed by atoms with Gasteiger partial charge in [0.05, 0.1) is 30.5 Å². The van der Waals surface area contributed by atoms with Crippen LogP contribution in [0.25, 0.3) is 10.9 Å². The predicted octanol–water partition coefficient (Wildman–Crippen LogP) is 1.61. The highest BCUT2D eigenvalue weighted by Gasteiger charge is 2.37. The summed E-state index contributed by atoms with van der Waals surface area (Å²) in [5.74, 6) is -1.82. The van der Waals surface area contributed by atoms with Crippen molar-refractivity contribution in [1.29, 1.82) is 0 Å². The lowest BCUT2D eigenvalue weighted by Gasteiger charge is -2.27. The largest absolute Gasteiger partial charge is 0.477 e. The Morgan fingerprint density at radius 3 is 2.81 bits per heavy atom. The summed E-state index contributed by atoms with van der Waals surface area (Å²) in [6.07, 6.45) is 3.94. The number of fused-ring (bicyclic) bond motifs is 5. The molecular weight excluding hydrogens is 353 g/mol. The standard InChI is InChI=1S/C19H20FN3O4/c20-15-4-12-16(23(10-1-2-10)6-13(18(12)24)19(25)26)14-8-27-7-11-3-9(21)5-22(11)17(14)15/h4,6,9-11H,1-3,5,7-8,21H2,(H,25,26)/t9-,11?/m1/s1. The van der Waals surface area contributed by atoms with Crippen LogP contribution in [0.3, 0.4) is 0 Å². The van der Waals surface area contributed by atoms with Crippen molar-refractivity contribution in [3.63, 3.8) is 0 Å². The van der Waals surface area contributed by atoms with Crippen LogP contribution >= 0.6 is 0 Å². The number of anilines is 1. The number of halogens is 1. The quantitative estimate of drug-likeness (QED) is 0.830. The fourth-order valence-electron chi connectivity index (χ4n) is 4.48. The van der Waals surface area contributed by atoms with Crippen LogP contribution in [0.5, 0.6) is 0 Å². The second-order valence-electron chi connectivity index (χ2n) is 7.71. The van der Waals surface area contributed by atoms with Gasteiger partial charge in [-0.1, -0.05) is 0 Å². The maximum absolute atomic E-state index is 15.2. The molecule has 142 valence electrons. The van der Waals surface area contributed by atoms with Crippen molar-refractivity contribution in [3.8, 4) is 0 Å². The molecule has 0 spiro atoms. The summed E-state index contributed by atoms with van der Waals surface area (Å²) in [5.41, 5.74) is 6.75. The average Bonchev–Trinajstić information content (AvgIpc) is 3.40. The third kappa shape index (κ3) is 2.47. The number of aromatic nitrogens is 1. The molecule has 3 heterocycles. The molecule has 0 radical (unpaired) electrons. The maximum Gasteiger partial charge on any atom is 0.341 e. The zero-order valence-electron chi connectivity index (χ0n) is 14.7. The summed E-state index contributed by atoms with van der Waals surface area (Å²) in [4.78, 5) is 26.2. The molecule has 1 aromatic heterocycles. The van der Waals surface area contributed by atoms with Gasteiger partial charge in [0.25, 0.3) is 0 Å². The van der Waals surface area contributed by atoms with E-state index in [1.54, 1.807) is 0 Å². The topological polar surface area (TPSA) is 97.8 Å². The SMILES string of the molecule is N[C@@H]1CC2COCc3c(c(F)cc4c(=O)c(C(=O)O)cn(C5CC5)c34)N2C1. The molecule has 1 aliphatic carbocycles. The van der Waals surface area contributed by atoms with E-state index in [4.69, 9.17) is 10.5 Å². The number of nitrogens with two attached hydrogens (primary N) is 1. The summed E-state index contributed by atoms with van der Waals surface area (Å²) < 4.78 is 22.8. The molecule has 27 heavy (non-hydrogen) atoms. The van der Waals surface area contributed by atoms with Gasteiger partial charge in [-0.15, -0.1) is 0 Å². The first-order valence-corrected chi connectivity index (χ1v) is 9.19. The Balaban J connectivity index is 1.85. The lowest BCUT2D eigenvalue weighted by molar-refractivity contribution is 0.0695. The molecule has 5 rings (SSSR count). The lowest BCUT2D eigenvalue weighted by atomic mass is 10.0. The first-order valence-electron chi connectivity index (χ1n) is 9.19. The average molecular weight is 373 g/mol. The lowest BCUT2D eigenvalue weighted by Crippen LogP contribution is -2.33. The second kappa shape index (κ2) is 5.77. The maximum atomic E-state index is 15.2. The molecular formula is C19H20FN3O4. The minimum Gasteiger partial charge on any atom is -0.477 e. The van der Waals surface area contributed by atoms with Crippen LogP contribution in [-0.4, -0.2) is 40.9 Å². The number of aromatic carboxylic acids is 1. The van der Waals surface area contributed by atoms with Crippen molar-refractivity contribution < 1.29 is 19.0 Å². The molecule has 1 saturated carbocycles. The van der Waals surface area contributed by atoms with E-state index in [1.165, 1.54) is 12.3 Å². The van der Waals surface area contributed by atoms with Gasteiger partial charge < -0.3 is 25.0 Å². The van der Waals surface area contributed by atoms with Crippen molar-refractivity contribution in [2.24, 2.45) is 5.73 Å². The molecule has 0 bridgehead atoms. The van der Waals surface area contributed by atoms with Gasteiger partial charge in [-0.3, -0.25) is 4.79 Å². The van der Waals surface area contributed by atoms with Crippen LogP contribution in [-0.2, 0) is 11.3 Å². The Hall–Kier alpha value is -2.45. The van der Waals surface area contributed by atoms with Crippen molar-refractivity contribution >= 4 is 22.6 Å². The fraction of sp³-hybridized carbons (Fsp3) is 0.474. The number of hydrogen-bond acceptors (Lipinski definition) is 5. The van der Waals surface area contributed by atoms with E-state index in [2.05, 4.69) is 0 Å². The predicted molar refractivity (Wildman–Crippen MR) is 96.8 cm³/mol. The highest BCUT2D eigenvalue weighted by Crippen LogP contribution is 2.42. The molecule has 1 saturated heterocycles. The first-order chi connectivity index (χ1) is 13.0. The number of ether oxygens (including phenoxy) is 1. The number of benzene rings is 1. The minimum atomic E-state index is -1.30. The Bertz CT molecular complexity index is 1030. The number of pyridine rings is 1. The van der Waals surface area contributed by atoms with Crippen molar-refractivity contribution in [2.75, 3.05) is 18.1 Å². The van der Waals surface area contributed by atoms with Gasteiger partial charge in [0.1, 0.15) is 11.4 Å². The number of carboxylic acid groups (broad SMARTS) is 1. The highest BCUT2D eigenvalue weighted by molar-refractivity contribution is 5.95. The molecule has 2 fully saturated rings. The molecule has 2 aliphatic heterocycles. The third-order valence-corrected chi connectivity index (χ3v) is 5.80. The molecule has 8 heteroatoms. The number of rotatable bonds is 2. The molecule has 0 amide bonds. The van der Waals surface area contributed by atoms with Crippen molar-refractivity contribution in [2.45, 2.75) is 44.0 Å². The molecule has 7 nitrogen and oxygen atoms in total. The van der Waals surface area contributed by atoms with Crippen LogP contribution in [0.1, 0.15) is 41.2 Å². The molecule has 2 aromatic rings. The molecule has 1 unspecified atom stereocenters. The Labute approximate surface area is 154 Å². The number of carbonyl (C=O) groups is 1. The smallest absolute Gasteiger partial charge is 0.341 e.